The highest BCUT2D eigenvalue weighted by Gasteiger charge is 2.15. The zero-order valence-electron chi connectivity index (χ0n) is 9.70. The molecular weight excluding hydrogens is 196 g/mol. The fraction of sp³-hybridized carbons (Fsp3) is 0.636. The number of hydrogen-bond acceptors (Lipinski definition) is 4. The van der Waals surface area contributed by atoms with Crippen molar-refractivity contribution >= 4 is 11.9 Å². The molecule has 15 heavy (non-hydrogen) atoms. The number of ether oxygens (including phenoxy) is 2. The Bertz CT molecular complexity index is 255. The van der Waals surface area contributed by atoms with Gasteiger partial charge in [-0.1, -0.05) is 20.4 Å². The standard InChI is InChI=1S/C11H18O4/c1-7(2)6-10(12)14-9(5)15-11(13)8(3)4/h7,9H,3,6H2,1-2,4-5H3. The van der Waals surface area contributed by atoms with E-state index in [-0.39, 0.29) is 17.5 Å². The molecule has 0 heterocycles. The first-order valence-electron chi connectivity index (χ1n) is 4.89. The lowest BCUT2D eigenvalue weighted by molar-refractivity contribution is -0.182. The van der Waals surface area contributed by atoms with Gasteiger partial charge in [-0.25, -0.2) is 4.79 Å². The van der Waals surface area contributed by atoms with Crippen LogP contribution in [0.2, 0.25) is 0 Å². The molecule has 0 fully saturated rings. The SMILES string of the molecule is C=C(C)C(=O)OC(C)OC(=O)CC(C)C. The molecule has 0 aliphatic rings. The van der Waals surface area contributed by atoms with E-state index in [2.05, 4.69) is 6.58 Å². The average molecular weight is 214 g/mol. The van der Waals surface area contributed by atoms with Crippen LogP contribution in [0.25, 0.3) is 0 Å². The zero-order chi connectivity index (χ0) is 12.0. The second-order valence-corrected chi connectivity index (χ2v) is 3.84. The molecule has 4 nitrogen and oxygen atoms in total. The number of rotatable bonds is 5. The van der Waals surface area contributed by atoms with Crippen LogP contribution in [0, 0.1) is 5.92 Å². The predicted octanol–water partition coefficient (Wildman–Crippen LogP) is 2.04. The molecule has 0 saturated carbocycles. The predicted molar refractivity (Wildman–Crippen MR) is 55.9 cm³/mol. The monoisotopic (exact) mass is 214 g/mol. The topological polar surface area (TPSA) is 52.6 Å². The van der Waals surface area contributed by atoms with Crippen LogP contribution in [0.15, 0.2) is 12.2 Å². The molecule has 1 atom stereocenters. The molecule has 0 spiro atoms. The van der Waals surface area contributed by atoms with Crippen LogP contribution >= 0.6 is 0 Å². The third kappa shape index (κ3) is 6.71. The highest BCUT2D eigenvalue weighted by molar-refractivity contribution is 5.87. The molecule has 1 unspecified atom stereocenters. The van der Waals surface area contributed by atoms with E-state index in [1.807, 2.05) is 13.8 Å². The van der Waals surface area contributed by atoms with E-state index in [1.54, 1.807) is 0 Å². The largest absolute Gasteiger partial charge is 0.425 e. The van der Waals surface area contributed by atoms with E-state index in [1.165, 1.54) is 13.8 Å². The molecule has 0 aliphatic heterocycles. The van der Waals surface area contributed by atoms with E-state index < -0.39 is 12.3 Å². The zero-order valence-corrected chi connectivity index (χ0v) is 9.70. The Kier molecular flexibility index (Phi) is 5.67. The van der Waals surface area contributed by atoms with Crippen LogP contribution in [0.3, 0.4) is 0 Å². The number of hydrogen-bond donors (Lipinski definition) is 0. The Balaban J connectivity index is 3.93. The third-order valence-corrected chi connectivity index (χ3v) is 1.49. The molecular formula is C11H18O4. The first-order valence-corrected chi connectivity index (χ1v) is 4.89. The Morgan fingerprint density at radius 1 is 1.20 bits per heavy atom. The summed E-state index contributed by atoms with van der Waals surface area (Å²) in [6, 6.07) is 0. The molecule has 4 heteroatoms. The van der Waals surface area contributed by atoms with Crippen LogP contribution in [0.4, 0.5) is 0 Å². The average Bonchev–Trinajstić information content (AvgIpc) is 2.00. The van der Waals surface area contributed by atoms with Crippen molar-refractivity contribution in [3.8, 4) is 0 Å². The highest BCUT2D eigenvalue weighted by Crippen LogP contribution is 2.05. The molecule has 0 saturated heterocycles. The summed E-state index contributed by atoms with van der Waals surface area (Å²) >= 11 is 0. The van der Waals surface area contributed by atoms with E-state index in [0.717, 1.165) is 0 Å². The van der Waals surface area contributed by atoms with Gasteiger partial charge in [-0.05, 0) is 12.8 Å². The van der Waals surface area contributed by atoms with Gasteiger partial charge in [0.05, 0.1) is 0 Å². The lowest BCUT2D eigenvalue weighted by Crippen LogP contribution is -2.22. The number of esters is 2. The van der Waals surface area contributed by atoms with Gasteiger partial charge < -0.3 is 9.47 Å². The van der Waals surface area contributed by atoms with Gasteiger partial charge in [0.2, 0.25) is 6.29 Å². The quantitative estimate of drug-likeness (QED) is 0.399. The summed E-state index contributed by atoms with van der Waals surface area (Å²) in [5, 5.41) is 0. The molecule has 0 aromatic carbocycles. The summed E-state index contributed by atoms with van der Waals surface area (Å²) in [6.07, 6.45) is -0.546. The van der Waals surface area contributed by atoms with Crippen LogP contribution in [-0.4, -0.2) is 18.2 Å². The molecule has 86 valence electrons. The summed E-state index contributed by atoms with van der Waals surface area (Å²) < 4.78 is 9.64. The van der Waals surface area contributed by atoms with Crippen LogP contribution in [0.1, 0.15) is 34.1 Å². The minimum Gasteiger partial charge on any atom is -0.425 e. The van der Waals surface area contributed by atoms with Gasteiger partial charge in [-0.15, -0.1) is 0 Å². The van der Waals surface area contributed by atoms with Gasteiger partial charge in [-0.3, -0.25) is 4.79 Å². The first-order chi connectivity index (χ1) is 6.82. The van der Waals surface area contributed by atoms with Gasteiger partial charge in [0, 0.05) is 18.9 Å². The summed E-state index contributed by atoms with van der Waals surface area (Å²) in [5.74, 6) is -0.701. The fourth-order valence-electron chi connectivity index (χ4n) is 0.842. The smallest absolute Gasteiger partial charge is 0.336 e. The van der Waals surface area contributed by atoms with Gasteiger partial charge >= 0.3 is 11.9 Å². The second kappa shape index (κ2) is 6.22. The fourth-order valence-corrected chi connectivity index (χ4v) is 0.842. The van der Waals surface area contributed by atoms with Crippen LogP contribution < -0.4 is 0 Å². The second-order valence-electron chi connectivity index (χ2n) is 3.84. The Morgan fingerprint density at radius 3 is 2.13 bits per heavy atom. The van der Waals surface area contributed by atoms with Crippen molar-refractivity contribution < 1.29 is 19.1 Å². The minimum atomic E-state index is -0.861. The maximum atomic E-state index is 11.2. The van der Waals surface area contributed by atoms with Gasteiger partial charge in [0.1, 0.15) is 0 Å². The lowest BCUT2D eigenvalue weighted by atomic mass is 10.1. The highest BCUT2D eigenvalue weighted by atomic mass is 16.7. The number of carbonyl (C=O) groups is 2. The Labute approximate surface area is 90.2 Å². The van der Waals surface area contributed by atoms with Crippen molar-refractivity contribution in [3.63, 3.8) is 0 Å². The van der Waals surface area contributed by atoms with Gasteiger partial charge in [0.15, 0.2) is 0 Å². The van der Waals surface area contributed by atoms with Crippen molar-refractivity contribution in [2.75, 3.05) is 0 Å². The van der Waals surface area contributed by atoms with Gasteiger partial charge in [-0.2, -0.15) is 0 Å². The van der Waals surface area contributed by atoms with Crippen molar-refractivity contribution in [2.24, 2.45) is 5.92 Å². The molecule has 0 amide bonds. The van der Waals surface area contributed by atoms with E-state index >= 15 is 0 Å². The summed E-state index contributed by atoms with van der Waals surface area (Å²) in [7, 11) is 0. The molecule has 0 bridgehead atoms. The maximum Gasteiger partial charge on any atom is 0.336 e. The normalized spacial score (nSPS) is 12.1. The van der Waals surface area contributed by atoms with Crippen molar-refractivity contribution in [1.29, 1.82) is 0 Å². The van der Waals surface area contributed by atoms with E-state index in [0.29, 0.717) is 6.42 Å². The Hall–Kier alpha value is -1.32. The summed E-state index contributed by atoms with van der Waals surface area (Å²) in [4.78, 5) is 22.2. The Morgan fingerprint density at radius 2 is 1.73 bits per heavy atom. The molecule has 0 aromatic heterocycles. The summed E-state index contributed by atoms with van der Waals surface area (Å²) in [6.45, 7) is 10.3. The van der Waals surface area contributed by atoms with Crippen molar-refractivity contribution in [3.05, 3.63) is 12.2 Å². The molecule has 0 N–H and O–H groups in total. The summed E-state index contributed by atoms with van der Waals surface area (Å²) in [5.41, 5.74) is 0.279. The van der Waals surface area contributed by atoms with E-state index in [9.17, 15) is 9.59 Å². The van der Waals surface area contributed by atoms with E-state index in [4.69, 9.17) is 9.47 Å². The molecule has 0 aromatic rings. The third-order valence-electron chi connectivity index (χ3n) is 1.49. The lowest BCUT2D eigenvalue weighted by Gasteiger charge is -2.14. The first kappa shape index (κ1) is 13.7. The molecule has 0 radical (unpaired) electrons. The minimum absolute atomic E-state index is 0.224. The van der Waals surface area contributed by atoms with Crippen molar-refractivity contribution in [2.45, 2.75) is 40.4 Å². The van der Waals surface area contributed by atoms with Crippen LogP contribution in [0.5, 0.6) is 0 Å². The van der Waals surface area contributed by atoms with Gasteiger partial charge in [0.25, 0.3) is 0 Å². The molecule has 0 aliphatic carbocycles. The van der Waals surface area contributed by atoms with Crippen molar-refractivity contribution in [1.82, 2.24) is 0 Å². The maximum absolute atomic E-state index is 11.2. The van der Waals surface area contributed by atoms with Crippen LogP contribution in [-0.2, 0) is 19.1 Å². The molecule has 0 rings (SSSR count). The number of carbonyl (C=O) groups excluding carboxylic acids is 2.